The van der Waals surface area contributed by atoms with Crippen molar-refractivity contribution < 1.29 is 24.3 Å². The summed E-state index contributed by atoms with van der Waals surface area (Å²) in [5.74, 6) is 0. The Labute approximate surface area is 36.5 Å². The van der Waals surface area contributed by atoms with Crippen LogP contribution in [-0.4, -0.2) is 6.08 Å². The molecule has 25 valence electrons. The molecule has 0 saturated heterocycles. The Hall–Kier alpha value is 0.00338. The molecular weight excluding hydrogens is 145 g/mol. The van der Waals surface area contributed by atoms with Gasteiger partial charge in [-0.15, -0.1) is 0 Å². The largest absolute Gasteiger partial charge is 0.231 e. The summed E-state index contributed by atoms with van der Waals surface area (Å²) in [5, 5.41) is 5.40. The number of hydrogen-bond acceptors (Lipinski definition) is 2. The smallest absolute Gasteiger partial charge is 0.222 e. The number of carbonyl (C=O) groups excluding carboxylic acids is 1. The van der Waals surface area contributed by atoms with Gasteiger partial charge in [-0.2, -0.15) is 0 Å². The van der Waals surface area contributed by atoms with E-state index in [1.54, 1.807) is 0 Å². The fourth-order valence-corrected chi connectivity index (χ4v) is 0. The van der Waals surface area contributed by atoms with E-state index < -0.39 is 0 Å². The summed E-state index contributed by atoms with van der Waals surface area (Å²) in [4.78, 5) is 8.35. The standard InChI is InChI=1S/CHNO.Rh/c2-1-3;/h2H;. The molecule has 0 unspecified atom stereocenters. The van der Waals surface area contributed by atoms with Crippen molar-refractivity contribution in [2.45, 2.75) is 0 Å². The van der Waals surface area contributed by atoms with Crippen LogP contribution in [0.4, 0.5) is 0 Å². The van der Waals surface area contributed by atoms with Crippen molar-refractivity contribution in [1.29, 1.82) is 5.41 Å². The third-order valence-corrected chi connectivity index (χ3v) is 0. The Morgan fingerprint density at radius 1 is 1.75 bits per heavy atom. The minimum atomic E-state index is 0. The van der Waals surface area contributed by atoms with Crippen LogP contribution in [0.5, 0.6) is 0 Å². The molecule has 2 nitrogen and oxygen atoms in total. The zero-order valence-electron chi connectivity index (χ0n) is 1.74. The van der Waals surface area contributed by atoms with Gasteiger partial charge in [0.15, 0.2) is 0 Å². The first-order valence-electron chi connectivity index (χ1n) is 0.454. The maximum Gasteiger partial charge on any atom is 0.231 e. The van der Waals surface area contributed by atoms with Gasteiger partial charge in [0.25, 0.3) is 0 Å². The first kappa shape index (κ1) is 9.00. The number of hydrogen-bond donors (Lipinski definition) is 1. The number of nitrogens with one attached hydrogen (secondary N) is 1. The Morgan fingerprint density at radius 3 is 1.75 bits per heavy atom. The molecule has 0 heterocycles. The van der Waals surface area contributed by atoms with Crippen molar-refractivity contribution in [2.24, 2.45) is 0 Å². The first-order valence-corrected chi connectivity index (χ1v) is 0.454. The van der Waals surface area contributed by atoms with Crippen molar-refractivity contribution >= 4 is 6.08 Å². The maximum absolute atomic E-state index is 8.35. The van der Waals surface area contributed by atoms with Crippen molar-refractivity contribution in [1.82, 2.24) is 0 Å². The SMILES string of the molecule is N=C=O.[Rh]. The fraction of sp³-hybridized carbons (Fsp3) is 0. The van der Waals surface area contributed by atoms with Crippen LogP contribution in [0.25, 0.3) is 0 Å². The summed E-state index contributed by atoms with van der Waals surface area (Å²) in [6, 6.07) is 0. The predicted molar refractivity (Wildman–Crippen MR) is 8.41 cm³/mol. The molecule has 0 aromatic heterocycles. The molecule has 0 amide bonds. The summed E-state index contributed by atoms with van der Waals surface area (Å²) < 4.78 is 0. The summed E-state index contributed by atoms with van der Waals surface area (Å²) >= 11 is 0. The van der Waals surface area contributed by atoms with Crippen molar-refractivity contribution in [3.8, 4) is 0 Å². The summed E-state index contributed by atoms with van der Waals surface area (Å²) in [6.07, 6.45) is 0.750. The van der Waals surface area contributed by atoms with Crippen LogP contribution < -0.4 is 0 Å². The van der Waals surface area contributed by atoms with Gasteiger partial charge >= 0.3 is 0 Å². The molecule has 0 aromatic rings. The quantitative estimate of drug-likeness (QED) is 0.289. The second-order valence-electron chi connectivity index (χ2n) is 0.102. The molecule has 0 aliphatic carbocycles. The molecule has 0 spiro atoms. The van der Waals surface area contributed by atoms with Crippen molar-refractivity contribution in [3.05, 3.63) is 0 Å². The van der Waals surface area contributed by atoms with Crippen LogP contribution >= 0.6 is 0 Å². The fourth-order valence-electron chi connectivity index (χ4n) is 0. The zero-order chi connectivity index (χ0) is 2.71. The predicted octanol–water partition coefficient (Wildman–Crippen LogP) is -0.102. The van der Waals surface area contributed by atoms with Gasteiger partial charge in [0.2, 0.25) is 6.08 Å². The molecule has 0 atom stereocenters. The molecule has 0 aliphatic rings. The molecular formula is CHNORh. The van der Waals surface area contributed by atoms with E-state index in [-0.39, 0.29) is 19.5 Å². The average molecular weight is 146 g/mol. The van der Waals surface area contributed by atoms with Gasteiger partial charge in [-0.1, -0.05) is 0 Å². The molecule has 0 aromatic carbocycles. The van der Waals surface area contributed by atoms with Gasteiger partial charge in [-0.25, -0.2) is 10.2 Å². The van der Waals surface area contributed by atoms with Gasteiger partial charge in [0.1, 0.15) is 0 Å². The van der Waals surface area contributed by atoms with Crippen LogP contribution in [0, 0.1) is 5.41 Å². The van der Waals surface area contributed by atoms with Crippen LogP contribution in [-0.2, 0) is 24.3 Å². The Morgan fingerprint density at radius 2 is 1.75 bits per heavy atom. The Kier molecular flexibility index (Phi) is 26.9. The van der Waals surface area contributed by atoms with Crippen LogP contribution in [0.1, 0.15) is 0 Å². The van der Waals surface area contributed by atoms with Crippen LogP contribution in [0.15, 0.2) is 0 Å². The van der Waals surface area contributed by atoms with Crippen LogP contribution in [0.2, 0.25) is 0 Å². The Balaban J connectivity index is 0. The Bertz CT molecular complexity index is 29.0. The molecule has 0 saturated carbocycles. The van der Waals surface area contributed by atoms with E-state index in [2.05, 4.69) is 0 Å². The third kappa shape index (κ3) is 177000. The van der Waals surface area contributed by atoms with Crippen molar-refractivity contribution in [2.75, 3.05) is 0 Å². The van der Waals surface area contributed by atoms with Gasteiger partial charge in [0.05, 0.1) is 0 Å². The molecule has 0 rings (SSSR count). The third-order valence-electron chi connectivity index (χ3n) is 0. The number of rotatable bonds is 0. The topological polar surface area (TPSA) is 40.9 Å². The summed E-state index contributed by atoms with van der Waals surface area (Å²) in [6.45, 7) is 0. The molecule has 4 heavy (non-hydrogen) atoms. The van der Waals surface area contributed by atoms with E-state index >= 15 is 0 Å². The van der Waals surface area contributed by atoms with Gasteiger partial charge in [-0.3, -0.25) is 0 Å². The van der Waals surface area contributed by atoms with Crippen LogP contribution in [0.3, 0.4) is 0 Å². The van der Waals surface area contributed by atoms with Gasteiger partial charge in [0, 0.05) is 19.5 Å². The maximum atomic E-state index is 8.35. The van der Waals surface area contributed by atoms with E-state index in [9.17, 15) is 0 Å². The molecule has 3 heteroatoms. The van der Waals surface area contributed by atoms with Gasteiger partial charge in [-0.05, 0) is 0 Å². The molecule has 0 aliphatic heterocycles. The van der Waals surface area contributed by atoms with Crippen molar-refractivity contribution in [3.63, 3.8) is 0 Å². The van der Waals surface area contributed by atoms with E-state index in [4.69, 9.17) is 10.2 Å². The normalized spacial score (nSPS) is 2.00. The minimum absolute atomic E-state index is 0. The number of isocyanates is 1. The minimum Gasteiger partial charge on any atom is -0.222 e. The first-order chi connectivity index (χ1) is 1.41. The monoisotopic (exact) mass is 146 g/mol. The summed E-state index contributed by atoms with van der Waals surface area (Å²) in [5.41, 5.74) is 0. The molecule has 1 N–H and O–H groups in total. The molecule has 1 radical (unpaired) electrons. The van der Waals surface area contributed by atoms with Gasteiger partial charge < -0.3 is 0 Å². The van der Waals surface area contributed by atoms with E-state index in [1.807, 2.05) is 0 Å². The second kappa shape index (κ2) is 12.0. The van der Waals surface area contributed by atoms with E-state index in [1.165, 1.54) is 0 Å². The second-order valence-corrected chi connectivity index (χ2v) is 0.102. The molecule has 0 bridgehead atoms. The van der Waals surface area contributed by atoms with E-state index in [0.717, 1.165) is 6.08 Å². The summed E-state index contributed by atoms with van der Waals surface area (Å²) in [7, 11) is 0. The van der Waals surface area contributed by atoms with E-state index in [0.29, 0.717) is 0 Å². The zero-order valence-corrected chi connectivity index (χ0v) is 3.38. The molecule has 0 fully saturated rings. The average Bonchev–Trinajstić information content (AvgIpc) is 0.918.